The zero-order valence-corrected chi connectivity index (χ0v) is 12.1. The first-order valence-corrected chi connectivity index (χ1v) is 6.79. The number of nitrogens with one attached hydrogen (secondary N) is 1. The van der Waals surface area contributed by atoms with Gasteiger partial charge in [-0.05, 0) is 38.0 Å². The molecule has 3 N–H and O–H groups in total. The second-order valence-electron chi connectivity index (χ2n) is 4.88. The van der Waals surface area contributed by atoms with E-state index in [9.17, 15) is 4.79 Å². The first-order valence-electron chi connectivity index (χ1n) is 6.79. The minimum atomic E-state index is -0.320. The number of aromatic nitrogens is 1. The van der Waals surface area contributed by atoms with Gasteiger partial charge in [0.25, 0.3) is 11.9 Å². The maximum atomic E-state index is 11.7. The summed E-state index contributed by atoms with van der Waals surface area (Å²) in [7, 11) is 0. The van der Waals surface area contributed by atoms with Gasteiger partial charge in [-0.15, -0.1) is 0 Å². The number of ether oxygens (including phenoxy) is 1. The lowest BCUT2D eigenvalue weighted by molar-refractivity contribution is 0.0927. The van der Waals surface area contributed by atoms with Crippen molar-refractivity contribution < 1.29 is 13.9 Å². The Morgan fingerprint density at radius 2 is 2.10 bits per heavy atom. The van der Waals surface area contributed by atoms with Gasteiger partial charge in [0, 0.05) is 6.54 Å². The van der Waals surface area contributed by atoms with Crippen molar-refractivity contribution in [1.29, 1.82) is 0 Å². The third-order valence-electron chi connectivity index (χ3n) is 2.74. The predicted molar refractivity (Wildman–Crippen MR) is 79.2 cm³/mol. The molecule has 21 heavy (non-hydrogen) atoms. The maximum absolute atomic E-state index is 11.7. The Balaban J connectivity index is 1.79. The number of carbonyl (C=O) groups is 1. The number of nitrogen functional groups attached to an aromatic ring is 1. The first-order chi connectivity index (χ1) is 10.0. The Kier molecular flexibility index (Phi) is 4.81. The fraction of sp³-hybridized carbons (Fsp3) is 0.333. The fourth-order valence-electron chi connectivity index (χ4n) is 1.81. The highest BCUT2D eigenvalue weighted by Crippen LogP contribution is 2.14. The first kappa shape index (κ1) is 14.9. The van der Waals surface area contributed by atoms with E-state index >= 15 is 0 Å². The van der Waals surface area contributed by atoms with Gasteiger partial charge in [-0.25, -0.2) is 4.98 Å². The van der Waals surface area contributed by atoms with Crippen molar-refractivity contribution in [3.8, 4) is 5.75 Å². The second kappa shape index (κ2) is 6.78. The number of hydrogen-bond donors (Lipinski definition) is 2. The minimum absolute atomic E-state index is 0.0131. The molecule has 1 aromatic heterocycles. The van der Waals surface area contributed by atoms with E-state index in [1.807, 2.05) is 38.1 Å². The van der Waals surface area contributed by atoms with Crippen LogP contribution in [0.3, 0.4) is 0 Å². The predicted octanol–water partition coefficient (Wildman–Crippen LogP) is 2.02. The number of anilines is 1. The molecule has 2 rings (SSSR count). The van der Waals surface area contributed by atoms with Crippen LogP contribution < -0.4 is 15.8 Å². The van der Waals surface area contributed by atoms with Crippen LogP contribution in [-0.4, -0.2) is 23.5 Å². The molecule has 6 heteroatoms. The summed E-state index contributed by atoms with van der Waals surface area (Å²) in [5.41, 5.74) is 6.43. The molecule has 0 bridgehead atoms. The molecule has 112 valence electrons. The van der Waals surface area contributed by atoms with Gasteiger partial charge >= 0.3 is 0 Å². The lowest BCUT2D eigenvalue weighted by Gasteiger charge is -2.10. The Morgan fingerprint density at radius 1 is 1.38 bits per heavy atom. The van der Waals surface area contributed by atoms with E-state index in [1.54, 1.807) is 0 Å². The lowest BCUT2D eigenvalue weighted by Crippen LogP contribution is -2.25. The smallest absolute Gasteiger partial charge is 0.292 e. The normalized spacial score (nSPS) is 10.6. The maximum Gasteiger partial charge on any atom is 0.292 e. The Bertz CT molecular complexity index is 590. The van der Waals surface area contributed by atoms with Gasteiger partial charge in [0.2, 0.25) is 5.76 Å². The molecule has 0 radical (unpaired) electrons. The zero-order chi connectivity index (χ0) is 15.2. The third-order valence-corrected chi connectivity index (χ3v) is 2.74. The SMILES string of the molecule is CC(C)Oc1ccc(CCNC(=O)c2cnc(N)o2)cc1. The molecule has 1 heterocycles. The van der Waals surface area contributed by atoms with Crippen molar-refractivity contribution in [2.75, 3.05) is 12.3 Å². The number of carbonyl (C=O) groups excluding carboxylic acids is 1. The molecule has 0 aliphatic rings. The standard InChI is InChI=1S/C15H19N3O3/c1-10(2)20-12-5-3-11(4-6-12)7-8-17-14(19)13-9-18-15(16)21-13/h3-6,9-10H,7-8H2,1-2H3,(H2,16,18)(H,17,19). The minimum Gasteiger partial charge on any atom is -0.491 e. The summed E-state index contributed by atoms with van der Waals surface area (Å²) in [4.78, 5) is 15.4. The van der Waals surface area contributed by atoms with Crippen LogP contribution >= 0.6 is 0 Å². The Morgan fingerprint density at radius 3 is 2.67 bits per heavy atom. The lowest BCUT2D eigenvalue weighted by atomic mass is 10.1. The summed E-state index contributed by atoms with van der Waals surface area (Å²) in [6.45, 7) is 4.48. The van der Waals surface area contributed by atoms with E-state index in [0.29, 0.717) is 6.54 Å². The van der Waals surface area contributed by atoms with E-state index in [2.05, 4.69) is 10.3 Å². The average Bonchev–Trinajstić information content (AvgIpc) is 2.87. The van der Waals surface area contributed by atoms with E-state index in [1.165, 1.54) is 6.20 Å². The van der Waals surface area contributed by atoms with Crippen LogP contribution in [0.25, 0.3) is 0 Å². The molecule has 0 aliphatic heterocycles. The van der Waals surface area contributed by atoms with Crippen LogP contribution in [0.5, 0.6) is 5.75 Å². The number of hydrogen-bond acceptors (Lipinski definition) is 5. The summed E-state index contributed by atoms with van der Waals surface area (Å²) in [6.07, 6.45) is 2.18. The van der Waals surface area contributed by atoms with Crippen molar-refractivity contribution >= 4 is 11.9 Å². The average molecular weight is 289 g/mol. The summed E-state index contributed by atoms with van der Waals surface area (Å²) >= 11 is 0. The van der Waals surface area contributed by atoms with Crippen molar-refractivity contribution in [2.24, 2.45) is 0 Å². The van der Waals surface area contributed by atoms with E-state index in [0.717, 1.165) is 17.7 Å². The van der Waals surface area contributed by atoms with E-state index < -0.39 is 0 Å². The van der Waals surface area contributed by atoms with Gasteiger partial charge < -0.3 is 20.2 Å². The molecule has 0 saturated heterocycles. The van der Waals surface area contributed by atoms with Gasteiger partial charge in [0.05, 0.1) is 12.3 Å². The van der Waals surface area contributed by atoms with E-state index in [4.69, 9.17) is 14.9 Å². The molecular weight excluding hydrogens is 270 g/mol. The van der Waals surface area contributed by atoms with Gasteiger partial charge in [-0.2, -0.15) is 0 Å². The van der Waals surface area contributed by atoms with Crippen LogP contribution in [0.4, 0.5) is 6.01 Å². The highest BCUT2D eigenvalue weighted by molar-refractivity contribution is 5.91. The molecule has 1 amide bonds. The number of rotatable bonds is 6. The summed E-state index contributed by atoms with van der Waals surface area (Å²) in [5, 5.41) is 2.75. The molecular formula is C15H19N3O3. The van der Waals surface area contributed by atoms with Gasteiger partial charge in [-0.1, -0.05) is 12.1 Å². The second-order valence-corrected chi connectivity index (χ2v) is 4.88. The molecule has 6 nitrogen and oxygen atoms in total. The highest BCUT2D eigenvalue weighted by Gasteiger charge is 2.10. The molecule has 0 unspecified atom stereocenters. The number of nitrogens with two attached hydrogens (primary N) is 1. The van der Waals surface area contributed by atoms with Crippen LogP contribution in [0.15, 0.2) is 34.9 Å². The monoisotopic (exact) mass is 289 g/mol. The quantitative estimate of drug-likeness (QED) is 0.849. The van der Waals surface area contributed by atoms with Crippen molar-refractivity contribution in [1.82, 2.24) is 10.3 Å². The van der Waals surface area contributed by atoms with E-state index in [-0.39, 0.29) is 23.8 Å². The molecule has 0 atom stereocenters. The Hall–Kier alpha value is -2.50. The Labute approximate surface area is 123 Å². The molecule has 0 fully saturated rings. The number of amides is 1. The number of nitrogens with zero attached hydrogens (tertiary/aromatic N) is 1. The van der Waals surface area contributed by atoms with Crippen molar-refractivity contribution in [3.63, 3.8) is 0 Å². The van der Waals surface area contributed by atoms with Gasteiger partial charge in [0.15, 0.2) is 0 Å². The van der Waals surface area contributed by atoms with Crippen LogP contribution in [0.2, 0.25) is 0 Å². The molecule has 1 aromatic carbocycles. The number of benzene rings is 1. The largest absolute Gasteiger partial charge is 0.491 e. The topological polar surface area (TPSA) is 90.4 Å². The van der Waals surface area contributed by atoms with Gasteiger partial charge in [-0.3, -0.25) is 4.79 Å². The summed E-state index contributed by atoms with van der Waals surface area (Å²) in [5.74, 6) is 0.641. The van der Waals surface area contributed by atoms with Crippen molar-refractivity contribution in [3.05, 3.63) is 41.8 Å². The third kappa shape index (κ3) is 4.52. The van der Waals surface area contributed by atoms with Gasteiger partial charge in [0.1, 0.15) is 5.75 Å². The van der Waals surface area contributed by atoms with Crippen LogP contribution in [0, 0.1) is 0 Å². The fourth-order valence-corrected chi connectivity index (χ4v) is 1.81. The van der Waals surface area contributed by atoms with Crippen molar-refractivity contribution in [2.45, 2.75) is 26.4 Å². The van der Waals surface area contributed by atoms with Crippen LogP contribution in [-0.2, 0) is 6.42 Å². The zero-order valence-electron chi connectivity index (χ0n) is 12.1. The molecule has 0 aliphatic carbocycles. The summed E-state index contributed by atoms with van der Waals surface area (Å²) < 4.78 is 10.5. The summed E-state index contributed by atoms with van der Waals surface area (Å²) in [6, 6.07) is 7.80. The van der Waals surface area contributed by atoms with Crippen LogP contribution in [0.1, 0.15) is 30.0 Å². The molecule has 0 spiro atoms. The molecule has 2 aromatic rings. The molecule has 0 saturated carbocycles. The number of oxazole rings is 1. The highest BCUT2D eigenvalue weighted by atomic mass is 16.5.